The molecule has 0 spiro atoms. The maximum Gasteiger partial charge on any atom is 0.0854 e. The molecule has 88 valence electrons. The minimum absolute atomic E-state index is 0.160. The van der Waals surface area contributed by atoms with Crippen molar-refractivity contribution < 1.29 is 9.84 Å². The first-order valence-electron chi connectivity index (χ1n) is 5.39. The summed E-state index contributed by atoms with van der Waals surface area (Å²) in [7, 11) is 0. The molecule has 1 saturated heterocycles. The van der Waals surface area contributed by atoms with Crippen LogP contribution in [-0.4, -0.2) is 18.3 Å². The predicted molar refractivity (Wildman–Crippen MR) is 67.7 cm³/mol. The Bertz CT molecular complexity index is 364. The first-order chi connectivity index (χ1) is 7.68. The fraction of sp³-hybridized carbons (Fsp3) is 0.500. The maximum atomic E-state index is 10.2. The number of hydrogen-bond acceptors (Lipinski definition) is 2. The third-order valence-corrected chi connectivity index (χ3v) is 3.74. The first-order valence-corrected chi connectivity index (χ1v) is 6.56. The largest absolute Gasteiger partial charge is 0.388 e. The molecule has 2 unspecified atom stereocenters. The fourth-order valence-corrected chi connectivity index (χ4v) is 2.80. The van der Waals surface area contributed by atoms with Crippen molar-refractivity contribution in [3.63, 3.8) is 0 Å². The topological polar surface area (TPSA) is 29.5 Å². The zero-order valence-electron chi connectivity index (χ0n) is 8.83. The number of hydrogen-bond donors (Lipinski definition) is 1. The molecule has 1 aliphatic rings. The van der Waals surface area contributed by atoms with E-state index in [9.17, 15) is 5.11 Å². The van der Waals surface area contributed by atoms with Crippen LogP contribution in [0.15, 0.2) is 22.7 Å². The molecule has 16 heavy (non-hydrogen) atoms. The highest BCUT2D eigenvalue weighted by molar-refractivity contribution is 9.10. The zero-order valence-corrected chi connectivity index (χ0v) is 11.2. The quantitative estimate of drug-likeness (QED) is 0.905. The molecular weight excluding hydrogens is 291 g/mol. The zero-order chi connectivity index (χ0) is 11.5. The van der Waals surface area contributed by atoms with Crippen molar-refractivity contribution in [1.29, 1.82) is 0 Å². The van der Waals surface area contributed by atoms with Gasteiger partial charge in [0, 0.05) is 22.0 Å². The molecule has 1 aliphatic heterocycles. The van der Waals surface area contributed by atoms with Crippen LogP contribution in [0, 0.1) is 5.92 Å². The highest BCUT2D eigenvalue weighted by atomic mass is 79.9. The molecule has 0 radical (unpaired) electrons. The SMILES string of the molecule is OC(c1ccc(Br)cc1Cl)C1CCCOC1. The van der Waals surface area contributed by atoms with E-state index in [4.69, 9.17) is 16.3 Å². The summed E-state index contributed by atoms with van der Waals surface area (Å²) in [6, 6.07) is 5.57. The Morgan fingerprint density at radius 2 is 2.31 bits per heavy atom. The number of benzene rings is 1. The van der Waals surface area contributed by atoms with Crippen molar-refractivity contribution in [2.24, 2.45) is 5.92 Å². The Balaban J connectivity index is 2.15. The third-order valence-electron chi connectivity index (χ3n) is 2.92. The van der Waals surface area contributed by atoms with E-state index in [1.165, 1.54) is 0 Å². The normalized spacial score (nSPS) is 23.1. The molecule has 1 aromatic rings. The molecule has 1 fully saturated rings. The van der Waals surface area contributed by atoms with Gasteiger partial charge < -0.3 is 9.84 Å². The predicted octanol–water partition coefficient (Wildman–Crippen LogP) is 3.56. The summed E-state index contributed by atoms with van der Waals surface area (Å²) in [6.07, 6.45) is 1.48. The van der Waals surface area contributed by atoms with E-state index in [-0.39, 0.29) is 5.92 Å². The van der Waals surface area contributed by atoms with Crippen LogP contribution < -0.4 is 0 Å². The van der Waals surface area contributed by atoms with Crippen molar-refractivity contribution in [1.82, 2.24) is 0 Å². The van der Waals surface area contributed by atoms with Gasteiger partial charge in [0.2, 0.25) is 0 Å². The van der Waals surface area contributed by atoms with E-state index < -0.39 is 6.10 Å². The second kappa shape index (κ2) is 5.50. The number of aliphatic hydroxyl groups excluding tert-OH is 1. The molecule has 2 rings (SSSR count). The Morgan fingerprint density at radius 1 is 1.50 bits per heavy atom. The monoisotopic (exact) mass is 304 g/mol. The minimum atomic E-state index is -0.527. The molecule has 1 N–H and O–H groups in total. The van der Waals surface area contributed by atoms with Gasteiger partial charge in [-0.05, 0) is 30.5 Å². The van der Waals surface area contributed by atoms with Crippen molar-refractivity contribution in [3.8, 4) is 0 Å². The Hall–Kier alpha value is -0.0900. The van der Waals surface area contributed by atoms with Crippen LogP contribution in [0.25, 0.3) is 0 Å². The molecule has 1 heterocycles. The lowest BCUT2D eigenvalue weighted by molar-refractivity contribution is -0.00992. The molecule has 2 atom stereocenters. The highest BCUT2D eigenvalue weighted by Crippen LogP contribution is 2.33. The molecule has 0 bridgehead atoms. The summed E-state index contributed by atoms with van der Waals surface area (Å²) in [5.74, 6) is 0.160. The average molecular weight is 306 g/mol. The van der Waals surface area contributed by atoms with Gasteiger partial charge in [0.05, 0.1) is 12.7 Å². The van der Waals surface area contributed by atoms with Crippen molar-refractivity contribution in [2.75, 3.05) is 13.2 Å². The van der Waals surface area contributed by atoms with Gasteiger partial charge in [0.1, 0.15) is 0 Å². The number of ether oxygens (including phenoxy) is 1. The standard InChI is InChI=1S/C12H14BrClO2/c13-9-3-4-10(11(14)6-9)12(15)8-2-1-5-16-7-8/h3-4,6,8,12,15H,1-2,5,7H2. The fourth-order valence-electron chi connectivity index (χ4n) is 2.01. The van der Waals surface area contributed by atoms with Crippen molar-refractivity contribution >= 4 is 27.5 Å². The summed E-state index contributed by atoms with van der Waals surface area (Å²) < 4.78 is 6.30. The summed E-state index contributed by atoms with van der Waals surface area (Å²) in [5, 5.41) is 10.8. The van der Waals surface area contributed by atoms with Crippen LogP contribution in [0.5, 0.6) is 0 Å². The second-order valence-corrected chi connectivity index (χ2v) is 5.41. The van der Waals surface area contributed by atoms with E-state index in [0.717, 1.165) is 29.5 Å². The summed E-state index contributed by atoms with van der Waals surface area (Å²) in [4.78, 5) is 0. The molecule has 0 amide bonds. The molecule has 4 heteroatoms. The van der Waals surface area contributed by atoms with E-state index in [2.05, 4.69) is 15.9 Å². The van der Waals surface area contributed by atoms with E-state index in [1.807, 2.05) is 18.2 Å². The van der Waals surface area contributed by atoms with Crippen LogP contribution >= 0.6 is 27.5 Å². The molecule has 2 nitrogen and oxygen atoms in total. The van der Waals surface area contributed by atoms with Gasteiger partial charge in [-0.15, -0.1) is 0 Å². The number of halogens is 2. The van der Waals surface area contributed by atoms with Gasteiger partial charge in [-0.2, -0.15) is 0 Å². The van der Waals surface area contributed by atoms with Gasteiger partial charge in [0.15, 0.2) is 0 Å². The summed E-state index contributed by atoms with van der Waals surface area (Å²) in [6.45, 7) is 1.42. The van der Waals surface area contributed by atoms with E-state index >= 15 is 0 Å². The van der Waals surface area contributed by atoms with Crippen molar-refractivity contribution in [2.45, 2.75) is 18.9 Å². The maximum absolute atomic E-state index is 10.2. The number of aliphatic hydroxyl groups is 1. The Morgan fingerprint density at radius 3 is 2.94 bits per heavy atom. The molecule has 0 aromatic heterocycles. The van der Waals surface area contributed by atoms with E-state index in [0.29, 0.717) is 11.6 Å². The molecule has 0 saturated carbocycles. The van der Waals surface area contributed by atoms with Gasteiger partial charge in [-0.25, -0.2) is 0 Å². The van der Waals surface area contributed by atoms with Crippen LogP contribution in [0.2, 0.25) is 5.02 Å². The highest BCUT2D eigenvalue weighted by Gasteiger charge is 2.25. The lowest BCUT2D eigenvalue weighted by Crippen LogP contribution is -2.23. The third kappa shape index (κ3) is 2.77. The van der Waals surface area contributed by atoms with Crippen LogP contribution in [0.4, 0.5) is 0 Å². The second-order valence-electron chi connectivity index (χ2n) is 4.09. The molecular formula is C12H14BrClO2. The van der Waals surface area contributed by atoms with E-state index in [1.54, 1.807) is 0 Å². The van der Waals surface area contributed by atoms with Crippen LogP contribution in [0.1, 0.15) is 24.5 Å². The van der Waals surface area contributed by atoms with Gasteiger partial charge >= 0.3 is 0 Å². The average Bonchev–Trinajstić information content (AvgIpc) is 2.29. The van der Waals surface area contributed by atoms with Gasteiger partial charge in [0.25, 0.3) is 0 Å². The van der Waals surface area contributed by atoms with Gasteiger partial charge in [-0.3, -0.25) is 0 Å². The van der Waals surface area contributed by atoms with Crippen LogP contribution in [0.3, 0.4) is 0 Å². The van der Waals surface area contributed by atoms with Crippen LogP contribution in [-0.2, 0) is 4.74 Å². The first kappa shape index (κ1) is 12.4. The lowest BCUT2D eigenvalue weighted by atomic mass is 9.91. The summed E-state index contributed by atoms with van der Waals surface area (Å²) in [5.41, 5.74) is 0.792. The smallest absolute Gasteiger partial charge is 0.0854 e. The number of rotatable bonds is 2. The minimum Gasteiger partial charge on any atom is -0.388 e. The lowest BCUT2D eigenvalue weighted by Gasteiger charge is -2.27. The Labute approximate surface area is 109 Å². The molecule has 1 aromatic carbocycles. The Kier molecular flexibility index (Phi) is 4.25. The summed E-state index contributed by atoms with van der Waals surface area (Å²) >= 11 is 9.46. The van der Waals surface area contributed by atoms with Crippen molar-refractivity contribution in [3.05, 3.63) is 33.3 Å². The van der Waals surface area contributed by atoms with Gasteiger partial charge in [-0.1, -0.05) is 33.6 Å². The molecule has 0 aliphatic carbocycles.